The molecule has 2 atom stereocenters. The van der Waals surface area contributed by atoms with Crippen LogP contribution >= 0.6 is 0 Å². The van der Waals surface area contributed by atoms with E-state index < -0.39 is 36.3 Å². The number of anilines is 1. The molecular formula is C32H47N3O5. The number of amides is 3. The van der Waals surface area contributed by atoms with Gasteiger partial charge in [0.1, 0.15) is 17.7 Å². The number of benzene rings is 2. The van der Waals surface area contributed by atoms with Crippen LogP contribution in [0.25, 0.3) is 0 Å². The van der Waals surface area contributed by atoms with E-state index in [4.69, 9.17) is 4.74 Å². The summed E-state index contributed by atoms with van der Waals surface area (Å²) >= 11 is 0. The van der Waals surface area contributed by atoms with Crippen molar-refractivity contribution in [1.29, 1.82) is 0 Å². The number of alkyl carbamates (subject to hydrolysis) is 1. The Hall–Kier alpha value is -3.39. The smallest absolute Gasteiger partial charge is 0.408 e. The van der Waals surface area contributed by atoms with E-state index in [1.54, 1.807) is 20.8 Å². The molecule has 0 saturated carbocycles. The van der Waals surface area contributed by atoms with Crippen LogP contribution in [0.4, 0.5) is 10.5 Å². The molecule has 3 amide bonds. The highest BCUT2D eigenvalue weighted by atomic mass is 16.6. The lowest BCUT2D eigenvalue weighted by Crippen LogP contribution is -2.54. The third-order valence-corrected chi connectivity index (χ3v) is 6.70. The Morgan fingerprint density at radius 1 is 0.950 bits per heavy atom. The van der Waals surface area contributed by atoms with E-state index in [2.05, 4.69) is 24.5 Å². The standard InChI is InChI=1S/C32H47N3O5/c1-8-10-11-12-20-35(30(38)26(21-36)33-31(39)40-32(5,6)7)28(25-18-16-24(9-2)17-19-25)29(37)34-27-22(3)14-13-15-23(27)4/h13-19,26,28,36H,8-12,20-21H2,1-7H3,(H,33,39)(H,34,37). The maximum absolute atomic E-state index is 14.0. The van der Waals surface area contributed by atoms with Crippen molar-refractivity contribution < 1.29 is 24.2 Å². The number of rotatable bonds is 13. The molecule has 0 heterocycles. The minimum Gasteiger partial charge on any atom is -0.444 e. The van der Waals surface area contributed by atoms with Crippen molar-refractivity contribution in [3.8, 4) is 0 Å². The van der Waals surface area contributed by atoms with Crippen LogP contribution in [0.1, 0.15) is 88.6 Å². The van der Waals surface area contributed by atoms with Crippen LogP contribution < -0.4 is 10.6 Å². The first-order valence-corrected chi connectivity index (χ1v) is 14.3. The molecule has 220 valence electrons. The number of carbonyl (C=O) groups excluding carboxylic acids is 3. The van der Waals surface area contributed by atoms with Gasteiger partial charge >= 0.3 is 6.09 Å². The monoisotopic (exact) mass is 553 g/mol. The molecule has 2 aromatic rings. The number of aliphatic hydroxyl groups is 1. The van der Waals surface area contributed by atoms with Crippen molar-refractivity contribution in [3.63, 3.8) is 0 Å². The third-order valence-electron chi connectivity index (χ3n) is 6.70. The molecule has 0 aliphatic heterocycles. The summed E-state index contributed by atoms with van der Waals surface area (Å²) in [5, 5.41) is 15.7. The van der Waals surface area contributed by atoms with Gasteiger partial charge in [-0.1, -0.05) is 75.6 Å². The number of carbonyl (C=O) groups is 3. The fourth-order valence-corrected chi connectivity index (χ4v) is 4.52. The Morgan fingerprint density at radius 3 is 2.10 bits per heavy atom. The summed E-state index contributed by atoms with van der Waals surface area (Å²) in [7, 11) is 0. The number of unbranched alkanes of at least 4 members (excludes halogenated alkanes) is 3. The quantitative estimate of drug-likeness (QED) is 0.270. The normalized spacial score (nSPS) is 12.8. The molecule has 2 rings (SSSR count). The highest BCUT2D eigenvalue weighted by molar-refractivity contribution is 5.99. The highest BCUT2D eigenvalue weighted by Crippen LogP contribution is 2.28. The van der Waals surface area contributed by atoms with Crippen molar-refractivity contribution in [2.75, 3.05) is 18.5 Å². The number of nitrogens with one attached hydrogen (secondary N) is 2. The minimum absolute atomic E-state index is 0.283. The van der Waals surface area contributed by atoms with E-state index in [0.717, 1.165) is 42.4 Å². The molecule has 2 unspecified atom stereocenters. The van der Waals surface area contributed by atoms with Gasteiger partial charge in [-0.3, -0.25) is 9.59 Å². The third kappa shape index (κ3) is 9.66. The summed E-state index contributed by atoms with van der Waals surface area (Å²) in [6, 6.07) is 11.2. The topological polar surface area (TPSA) is 108 Å². The van der Waals surface area contributed by atoms with Gasteiger partial charge in [0.15, 0.2) is 0 Å². The second-order valence-corrected chi connectivity index (χ2v) is 11.2. The van der Waals surface area contributed by atoms with Gasteiger partial charge in [-0.15, -0.1) is 0 Å². The van der Waals surface area contributed by atoms with E-state index >= 15 is 0 Å². The van der Waals surface area contributed by atoms with Crippen LogP contribution in [0.15, 0.2) is 42.5 Å². The number of aliphatic hydroxyl groups excluding tert-OH is 1. The van der Waals surface area contributed by atoms with Gasteiger partial charge in [0.05, 0.1) is 6.61 Å². The molecule has 8 heteroatoms. The van der Waals surface area contributed by atoms with E-state index in [1.165, 1.54) is 4.90 Å². The lowest BCUT2D eigenvalue weighted by Gasteiger charge is -2.34. The maximum Gasteiger partial charge on any atom is 0.408 e. The molecule has 40 heavy (non-hydrogen) atoms. The van der Waals surface area contributed by atoms with Gasteiger partial charge in [-0.2, -0.15) is 0 Å². The van der Waals surface area contributed by atoms with Gasteiger partial charge in [0.25, 0.3) is 5.91 Å². The number of ether oxygens (including phenoxy) is 1. The maximum atomic E-state index is 14.0. The zero-order chi connectivity index (χ0) is 29.9. The van der Waals surface area contributed by atoms with Crippen LogP contribution in [0.5, 0.6) is 0 Å². The Kier molecular flexibility index (Phi) is 12.6. The Balaban J connectivity index is 2.53. The molecule has 0 radical (unpaired) electrons. The van der Waals surface area contributed by atoms with Gasteiger partial charge in [0, 0.05) is 12.2 Å². The van der Waals surface area contributed by atoms with E-state index in [9.17, 15) is 19.5 Å². The number of para-hydroxylation sites is 1. The lowest BCUT2D eigenvalue weighted by molar-refractivity contribution is -0.141. The van der Waals surface area contributed by atoms with E-state index in [1.807, 2.05) is 56.3 Å². The van der Waals surface area contributed by atoms with Gasteiger partial charge < -0.3 is 25.4 Å². The summed E-state index contributed by atoms with van der Waals surface area (Å²) < 4.78 is 5.33. The predicted molar refractivity (Wildman–Crippen MR) is 159 cm³/mol. The first kappa shape index (κ1) is 32.8. The molecular weight excluding hydrogens is 506 g/mol. The molecule has 0 aromatic heterocycles. The molecule has 3 N–H and O–H groups in total. The fourth-order valence-electron chi connectivity index (χ4n) is 4.52. The van der Waals surface area contributed by atoms with Crippen molar-refractivity contribution in [3.05, 3.63) is 64.7 Å². The number of hydrogen-bond acceptors (Lipinski definition) is 5. The van der Waals surface area contributed by atoms with Crippen LogP contribution in [0.2, 0.25) is 0 Å². The molecule has 0 fully saturated rings. The largest absolute Gasteiger partial charge is 0.444 e. The van der Waals surface area contributed by atoms with Crippen molar-refractivity contribution in [2.45, 2.75) is 98.3 Å². The van der Waals surface area contributed by atoms with Gasteiger partial charge in [-0.25, -0.2) is 4.79 Å². The minimum atomic E-state index is -1.27. The SMILES string of the molecule is CCCCCCN(C(=O)C(CO)NC(=O)OC(C)(C)C)C(C(=O)Nc1c(C)cccc1C)c1ccc(CC)cc1. The Labute approximate surface area is 239 Å². The molecule has 0 aliphatic carbocycles. The van der Waals surface area contributed by atoms with Gasteiger partial charge in [-0.05, 0) is 69.7 Å². The van der Waals surface area contributed by atoms with Crippen molar-refractivity contribution >= 4 is 23.6 Å². The summed E-state index contributed by atoms with van der Waals surface area (Å²) in [6.45, 7) is 12.8. The molecule has 8 nitrogen and oxygen atoms in total. The van der Waals surface area contributed by atoms with Gasteiger partial charge in [0.2, 0.25) is 5.91 Å². The second-order valence-electron chi connectivity index (χ2n) is 11.2. The summed E-state index contributed by atoms with van der Waals surface area (Å²) in [5.74, 6) is -0.912. The van der Waals surface area contributed by atoms with E-state index in [-0.39, 0.29) is 12.5 Å². The van der Waals surface area contributed by atoms with Crippen LogP contribution in [0.3, 0.4) is 0 Å². The lowest BCUT2D eigenvalue weighted by atomic mass is 9.99. The molecule has 0 aliphatic rings. The summed E-state index contributed by atoms with van der Waals surface area (Å²) in [4.78, 5) is 42.0. The van der Waals surface area contributed by atoms with Crippen LogP contribution in [-0.4, -0.2) is 52.7 Å². The second kappa shape index (κ2) is 15.4. The highest BCUT2D eigenvalue weighted by Gasteiger charge is 2.36. The molecule has 0 spiro atoms. The summed E-state index contributed by atoms with van der Waals surface area (Å²) in [5.41, 5.74) is 3.51. The Bertz CT molecular complexity index is 1100. The van der Waals surface area contributed by atoms with Crippen LogP contribution in [-0.2, 0) is 20.7 Å². The van der Waals surface area contributed by atoms with Crippen LogP contribution in [0, 0.1) is 13.8 Å². The zero-order valence-corrected chi connectivity index (χ0v) is 25.2. The van der Waals surface area contributed by atoms with Crippen molar-refractivity contribution in [1.82, 2.24) is 10.2 Å². The average molecular weight is 554 g/mol. The fraction of sp³-hybridized carbons (Fsp3) is 0.531. The Morgan fingerprint density at radius 2 is 1.57 bits per heavy atom. The average Bonchev–Trinajstić information content (AvgIpc) is 2.90. The number of nitrogens with zero attached hydrogens (tertiary/aromatic N) is 1. The summed E-state index contributed by atoms with van der Waals surface area (Å²) in [6.07, 6.45) is 3.59. The first-order valence-electron chi connectivity index (χ1n) is 14.3. The molecule has 2 aromatic carbocycles. The van der Waals surface area contributed by atoms with E-state index in [0.29, 0.717) is 17.7 Å². The predicted octanol–water partition coefficient (Wildman–Crippen LogP) is 5.84. The number of aryl methyl sites for hydroxylation is 3. The number of hydrogen-bond donors (Lipinski definition) is 3. The molecule has 0 saturated heterocycles. The first-order chi connectivity index (χ1) is 18.9. The zero-order valence-electron chi connectivity index (χ0n) is 25.2. The van der Waals surface area contributed by atoms with Crippen molar-refractivity contribution in [2.24, 2.45) is 0 Å². The molecule has 0 bridgehead atoms.